The summed E-state index contributed by atoms with van der Waals surface area (Å²) in [7, 11) is 0. The van der Waals surface area contributed by atoms with Crippen molar-refractivity contribution in [3.63, 3.8) is 0 Å². The predicted molar refractivity (Wildman–Crippen MR) is 54.7 cm³/mol. The van der Waals surface area contributed by atoms with Crippen LogP contribution in [0, 0.1) is 0 Å². The van der Waals surface area contributed by atoms with Gasteiger partial charge >= 0.3 is 0 Å². The van der Waals surface area contributed by atoms with Gasteiger partial charge in [0, 0.05) is 30.3 Å². The summed E-state index contributed by atoms with van der Waals surface area (Å²) in [6, 6.07) is 0.0742. The Bertz CT molecular complexity index is 228. The van der Waals surface area contributed by atoms with E-state index >= 15 is 0 Å². The van der Waals surface area contributed by atoms with E-state index in [1.54, 1.807) is 0 Å². The second kappa shape index (κ2) is 3.17. The molecule has 1 saturated carbocycles. The lowest BCUT2D eigenvalue weighted by molar-refractivity contribution is -0.127. The fourth-order valence-corrected chi connectivity index (χ4v) is 2.66. The molecule has 1 aliphatic carbocycles. The minimum atomic E-state index is 0.0742. The Morgan fingerprint density at radius 1 is 1.69 bits per heavy atom. The molecule has 0 aromatic rings. The molecule has 1 unspecified atom stereocenters. The molecule has 1 atom stereocenters. The smallest absolute Gasteiger partial charge is 0.224 e. The number of rotatable bonds is 3. The molecule has 1 aliphatic heterocycles. The number of thioether (sulfide) groups is 1. The highest BCUT2D eigenvalue weighted by atomic mass is 32.2. The van der Waals surface area contributed by atoms with Crippen LogP contribution in [0.1, 0.15) is 19.3 Å². The zero-order valence-corrected chi connectivity index (χ0v) is 8.77. The molecule has 0 radical (unpaired) electrons. The van der Waals surface area contributed by atoms with Crippen molar-refractivity contribution in [3.8, 4) is 0 Å². The lowest BCUT2D eigenvalue weighted by Crippen LogP contribution is -2.34. The van der Waals surface area contributed by atoms with Gasteiger partial charge in [-0.3, -0.25) is 4.79 Å². The van der Waals surface area contributed by atoms with Gasteiger partial charge in [-0.1, -0.05) is 0 Å². The third-order valence-corrected chi connectivity index (χ3v) is 4.37. The van der Waals surface area contributed by atoms with Crippen molar-refractivity contribution in [3.05, 3.63) is 0 Å². The Morgan fingerprint density at radius 2 is 2.38 bits per heavy atom. The molecule has 1 amide bonds. The zero-order chi connectivity index (χ0) is 9.47. The molecule has 2 aliphatic rings. The first-order chi connectivity index (χ1) is 6.15. The molecule has 0 aromatic carbocycles. The molecule has 2 N–H and O–H groups in total. The van der Waals surface area contributed by atoms with E-state index in [4.69, 9.17) is 5.73 Å². The summed E-state index contributed by atoms with van der Waals surface area (Å²) in [5.41, 5.74) is 5.73. The lowest BCUT2D eigenvalue weighted by Gasteiger charge is -2.21. The second-order valence-electron chi connectivity index (χ2n) is 4.13. The van der Waals surface area contributed by atoms with E-state index in [2.05, 4.69) is 6.26 Å². The SMILES string of the molecule is CSC1(CN2CC(N)CC2=O)CC1. The molecular formula is C9H16N2OS. The molecule has 3 nitrogen and oxygen atoms in total. The molecule has 1 heterocycles. The summed E-state index contributed by atoms with van der Waals surface area (Å²) in [5, 5.41) is 0. The van der Waals surface area contributed by atoms with Gasteiger partial charge in [0.2, 0.25) is 5.91 Å². The number of nitrogens with zero attached hydrogens (tertiary/aromatic N) is 1. The van der Waals surface area contributed by atoms with E-state index in [9.17, 15) is 4.79 Å². The molecule has 2 fully saturated rings. The van der Waals surface area contributed by atoms with Gasteiger partial charge in [-0.25, -0.2) is 0 Å². The van der Waals surface area contributed by atoms with Crippen molar-refractivity contribution >= 4 is 17.7 Å². The number of carbonyl (C=O) groups excluding carboxylic acids is 1. The molecule has 0 spiro atoms. The van der Waals surface area contributed by atoms with Gasteiger partial charge in [0.1, 0.15) is 0 Å². The van der Waals surface area contributed by atoms with E-state index in [-0.39, 0.29) is 11.9 Å². The van der Waals surface area contributed by atoms with Crippen molar-refractivity contribution < 1.29 is 4.79 Å². The molecule has 2 rings (SSSR count). The number of nitrogens with two attached hydrogens (primary N) is 1. The normalized spacial score (nSPS) is 31.1. The first-order valence-corrected chi connectivity index (χ1v) is 5.96. The van der Waals surface area contributed by atoms with Crippen LogP contribution in [0.4, 0.5) is 0 Å². The van der Waals surface area contributed by atoms with E-state index < -0.39 is 0 Å². The van der Waals surface area contributed by atoms with Crippen LogP contribution in [-0.4, -0.2) is 40.9 Å². The monoisotopic (exact) mass is 200 g/mol. The van der Waals surface area contributed by atoms with Crippen LogP contribution in [0.25, 0.3) is 0 Å². The van der Waals surface area contributed by atoms with Gasteiger partial charge < -0.3 is 10.6 Å². The summed E-state index contributed by atoms with van der Waals surface area (Å²) >= 11 is 1.89. The van der Waals surface area contributed by atoms with Crippen molar-refractivity contribution in [1.82, 2.24) is 4.90 Å². The fourth-order valence-electron chi connectivity index (χ4n) is 1.87. The van der Waals surface area contributed by atoms with Gasteiger partial charge in [0.05, 0.1) is 0 Å². The minimum absolute atomic E-state index is 0.0742. The topological polar surface area (TPSA) is 46.3 Å². The highest BCUT2D eigenvalue weighted by molar-refractivity contribution is 8.00. The number of hydrogen-bond donors (Lipinski definition) is 1. The maximum atomic E-state index is 11.4. The summed E-state index contributed by atoms with van der Waals surface area (Å²) in [6.07, 6.45) is 5.19. The number of amides is 1. The molecule has 0 aromatic heterocycles. The Balaban J connectivity index is 1.91. The quantitative estimate of drug-likeness (QED) is 0.719. The first-order valence-electron chi connectivity index (χ1n) is 4.74. The average molecular weight is 200 g/mol. The van der Waals surface area contributed by atoms with Gasteiger partial charge in [-0.05, 0) is 19.1 Å². The van der Waals surface area contributed by atoms with Crippen molar-refractivity contribution in [2.45, 2.75) is 30.1 Å². The van der Waals surface area contributed by atoms with Crippen LogP contribution >= 0.6 is 11.8 Å². The standard InChI is InChI=1S/C9H16N2OS/c1-13-9(2-3-9)6-11-5-7(10)4-8(11)12/h7H,2-6,10H2,1H3. The third kappa shape index (κ3) is 1.83. The van der Waals surface area contributed by atoms with Crippen LogP contribution in [0.3, 0.4) is 0 Å². The Kier molecular flexibility index (Phi) is 2.28. The highest BCUT2D eigenvalue weighted by Crippen LogP contribution is 2.47. The molecule has 1 saturated heterocycles. The zero-order valence-electron chi connectivity index (χ0n) is 7.95. The average Bonchev–Trinajstić information content (AvgIpc) is 2.77. The molecule has 4 heteroatoms. The third-order valence-electron chi connectivity index (χ3n) is 2.96. The van der Waals surface area contributed by atoms with Crippen LogP contribution < -0.4 is 5.73 Å². The van der Waals surface area contributed by atoms with Crippen molar-refractivity contribution in [1.29, 1.82) is 0 Å². The Labute approximate surface area is 83.0 Å². The lowest BCUT2D eigenvalue weighted by atomic mass is 10.3. The van der Waals surface area contributed by atoms with E-state index in [0.29, 0.717) is 11.2 Å². The summed E-state index contributed by atoms with van der Waals surface area (Å²) in [5.74, 6) is 0.243. The van der Waals surface area contributed by atoms with E-state index in [0.717, 1.165) is 13.1 Å². The molecule has 74 valence electrons. The van der Waals surface area contributed by atoms with Gasteiger partial charge in [-0.2, -0.15) is 11.8 Å². The van der Waals surface area contributed by atoms with Gasteiger partial charge in [0.25, 0.3) is 0 Å². The number of hydrogen-bond acceptors (Lipinski definition) is 3. The summed E-state index contributed by atoms with van der Waals surface area (Å²) < 4.78 is 0.389. The first kappa shape index (κ1) is 9.34. The van der Waals surface area contributed by atoms with Crippen LogP contribution in [0.5, 0.6) is 0 Å². The fraction of sp³-hybridized carbons (Fsp3) is 0.889. The van der Waals surface area contributed by atoms with Crippen molar-refractivity contribution in [2.75, 3.05) is 19.3 Å². The minimum Gasteiger partial charge on any atom is -0.340 e. The van der Waals surface area contributed by atoms with Gasteiger partial charge in [0.15, 0.2) is 0 Å². The van der Waals surface area contributed by atoms with Crippen LogP contribution in [-0.2, 0) is 4.79 Å². The van der Waals surface area contributed by atoms with Crippen molar-refractivity contribution in [2.24, 2.45) is 5.73 Å². The predicted octanol–water partition coefficient (Wildman–Crippen LogP) is 0.442. The van der Waals surface area contributed by atoms with Gasteiger partial charge in [-0.15, -0.1) is 0 Å². The van der Waals surface area contributed by atoms with E-state index in [1.165, 1.54) is 12.8 Å². The molecule has 13 heavy (non-hydrogen) atoms. The number of likely N-dealkylation sites (tertiary alicyclic amines) is 1. The maximum Gasteiger partial charge on any atom is 0.224 e. The number of carbonyl (C=O) groups is 1. The van der Waals surface area contributed by atoms with Crippen LogP contribution in [0.15, 0.2) is 0 Å². The summed E-state index contributed by atoms with van der Waals surface area (Å²) in [6.45, 7) is 1.68. The maximum absolute atomic E-state index is 11.4. The van der Waals surface area contributed by atoms with Crippen LogP contribution in [0.2, 0.25) is 0 Å². The largest absolute Gasteiger partial charge is 0.340 e. The Hall–Kier alpha value is -0.220. The summed E-state index contributed by atoms with van der Waals surface area (Å²) in [4.78, 5) is 13.4. The highest BCUT2D eigenvalue weighted by Gasteiger charge is 2.45. The molecular weight excluding hydrogens is 184 g/mol. The molecule has 0 bridgehead atoms. The van der Waals surface area contributed by atoms with E-state index in [1.807, 2.05) is 16.7 Å². The Morgan fingerprint density at radius 3 is 2.77 bits per heavy atom. The second-order valence-corrected chi connectivity index (χ2v) is 5.40.